The summed E-state index contributed by atoms with van der Waals surface area (Å²) in [6.07, 6.45) is 12.5. The molecule has 1 unspecified atom stereocenters. The van der Waals surface area contributed by atoms with Crippen LogP contribution in [0.4, 0.5) is 0 Å². The zero-order valence-corrected chi connectivity index (χ0v) is 23.4. The fourth-order valence-corrected chi connectivity index (χ4v) is 5.75. The summed E-state index contributed by atoms with van der Waals surface area (Å²) in [6.45, 7) is 4.77. The highest BCUT2D eigenvalue weighted by atomic mass is 32.2. The molecule has 3 rings (SSSR count). The average molecular weight is 526 g/mol. The third kappa shape index (κ3) is 8.61. The molecular weight excluding hydrogens is 482 g/mol. The van der Waals surface area contributed by atoms with Crippen LogP contribution in [0.5, 0.6) is 0 Å². The molecule has 1 saturated carbocycles. The number of aryl methyl sites for hydroxylation is 1. The summed E-state index contributed by atoms with van der Waals surface area (Å²) in [7, 11) is 0. The number of hydrogen-bond donors (Lipinski definition) is 2. The predicted molar refractivity (Wildman–Crippen MR) is 153 cm³/mol. The fraction of sp³-hybridized carbons (Fsp3) is 0.548. The monoisotopic (exact) mass is 525 g/mol. The molecular formula is C31H43NO4S. The lowest BCUT2D eigenvalue weighted by Crippen LogP contribution is -2.41. The molecule has 1 fully saturated rings. The van der Waals surface area contributed by atoms with E-state index in [4.69, 9.17) is 4.74 Å². The summed E-state index contributed by atoms with van der Waals surface area (Å²) in [4.78, 5) is 25.1. The Morgan fingerprint density at radius 3 is 2.51 bits per heavy atom. The normalized spacial score (nSPS) is 15.8. The van der Waals surface area contributed by atoms with Crippen LogP contribution in [0.1, 0.15) is 86.2 Å². The van der Waals surface area contributed by atoms with Crippen molar-refractivity contribution in [1.82, 2.24) is 5.32 Å². The largest absolute Gasteiger partial charge is 0.480 e. The van der Waals surface area contributed by atoms with Gasteiger partial charge in [0.05, 0.1) is 12.7 Å². The van der Waals surface area contributed by atoms with Crippen molar-refractivity contribution in [3.8, 4) is 11.1 Å². The Morgan fingerprint density at radius 1 is 1.08 bits per heavy atom. The van der Waals surface area contributed by atoms with Gasteiger partial charge >= 0.3 is 5.97 Å². The lowest BCUT2D eigenvalue weighted by Gasteiger charge is -2.30. The molecule has 1 aliphatic rings. The highest BCUT2D eigenvalue weighted by Crippen LogP contribution is 2.32. The summed E-state index contributed by atoms with van der Waals surface area (Å²) >= 11 is 1.57. The minimum atomic E-state index is -1.01. The molecule has 6 heteroatoms. The molecule has 0 radical (unpaired) electrons. The van der Waals surface area contributed by atoms with E-state index in [1.54, 1.807) is 11.8 Å². The Kier molecular flexibility index (Phi) is 12.0. The zero-order valence-electron chi connectivity index (χ0n) is 22.6. The van der Waals surface area contributed by atoms with Crippen LogP contribution in [0, 0.1) is 12.8 Å². The lowest BCUT2D eigenvalue weighted by molar-refractivity contribution is -0.139. The van der Waals surface area contributed by atoms with Gasteiger partial charge in [-0.25, -0.2) is 4.79 Å². The van der Waals surface area contributed by atoms with Gasteiger partial charge in [0.1, 0.15) is 6.04 Å². The zero-order chi connectivity index (χ0) is 26.6. The third-order valence-electron chi connectivity index (χ3n) is 7.46. The van der Waals surface area contributed by atoms with Crippen molar-refractivity contribution in [2.24, 2.45) is 5.92 Å². The van der Waals surface area contributed by atoms with Crippen molar-refractivity contribution in [1.29, 1.82) is 0 Å². The van der Waals surface area contributed by atoms with Gasteiger partial charge in [0.25, 0.3) is 5.91 Å². The second-order valence-electron chi connectivity index (χ2n) is 10.2. The van der Waals surface area contributed by atoms with Crippen molar-refractivity contribution >= 4 is 23.6 Å². The van der Waals surface area contributed by atoms with Crippen LogP contribution in [0.15, 0.2) is 42.5 Å². The van der Waals surface area contributed by atoms with Gasteiger partial charge in [0, 0.05) is 5.56 Å². The number of hydrogen-bond acceptors (Lipinski definition) is 4. The molecule has 0 heterocycles. The first kappa shape index (κ1) is 29.2. The molecule has 2 aromatic rings. The molecule has 0 bridgehead atoms. The number of amides is 1. The van der Waals surface area contributed by atoms with Crippen LogP contribution < -0.4 is 5.32 Å². The van der Waals surface area contributed by atoms with Gasteiger partial charge in [-0.05, 0) is 84.9 Å². The van der Waals surface area contributed by atoms with E-state index in [-0.39, 0.29) is 12.0 Å². The van der Waals surface area contributed by atoms with E-state index in [1.165, 1.54) is 44.9 Å². The highest BCUT2D eigenvalue weighted by molar-refractivity contribution is 7.98. The van der Waals surface area contributed by atoms with Crippen LogP contribution >= 0.6 is 11.8 Å². The molecule has 2 atom stereocenters. The molecule has 0 aromatic heterocycles. The summed E-state index contributed by atoms with van der Waals surface area (Å²) in [5.41, 5.74) is 4.37. The molecule has 5 nitrogen and oxygen atoms in total. The standard InChI is InChI=1S/C31H43NO4S/c1-4-5-15-29(24-12-7-6-8-13-24)36-21-23-16-17-26(27(20-23)25-14-10-9-11-22(25)2)30(33)32-28(31(34)35)18-19-37-3/h9-11,14,16-17,20,24,28-29H,4-8,12-13,15,18-19,21H2,1-3H3,(H,32,33)(H,34,35)/t28-,29?/m0/s1. The molecule has 202 valence electrons. The van der Waals surface area contributed by atoms with Crippen molar-refractivity contribution in [2.75, 3.05) is 12.0 Å². The van der Waals surface area contributed by atoms with Gasteiger partial charge < -0.3 is 15.2 Å². The molecule has 2 N–H and O–H groups in total. The minimum absolute atomic E-state index is 0.276. The first-order valence-electron chi connectivity index (χ1n) is 13.8. The molecule has 2 aromatic carbocycles. The van der Waals surface area contributed by atoms with Gasteiger partial charge in [-0.2, -0.15) is 11.8 Å². The number of thioether (sulfide) groups is 1. The van der Waals surface area contributed by atoms with Crippen molar-refractivity contribution in [3.63, 3.8) is 0 Å². The summed E-state index contributed by atoms with van der Waals surface area (Å²) < 4.78 is 6.55. The Hall–Kier alpha value is -2.31. The predicted octanol–water partition coefficient (Wildman–Crippen LogP) is 7.25. The number of benzene rings is 2. The smallest absolute Gasteiger partial charge is 0.326 e. The Balaban J connectivity index is 1.85. The number of nitrogens with one attached hydrogen (secondary N) is 1. The number of unbranched alkanes of at least 4 members (excludes halogenated alkanes) is 1. The molecule has 0 aliphatic heterocycles. The number of aliphatic carboxylic acids is 1. The first-order valence-corrected chi connectivity index (χ1v) is 15.2. The number of carboxylic acid groups (broad SMARTS) is 1. The number of ether oxygens (including phenoxy) is 1. The third-order valence-corrected chi connectivity index (χ3v) is 8.10. The van der Waals surface area contributed by atoms with E-state index < -0.39 is 12.0 Å². The number of carbonyl (C=O) groups excluding carboxylic acids is 1. The molecule has 0 saturated heterocycles. The number of rotatable bonds is 14. The quantitative estimate of drug-likeness (QED) is 0.272. The van der Waals surface area contributed by atoms with E-state index >= 15 is 0 Å². The van der Waals surface area contributed by atoms with Crippen LogP contribution in [0.25, 0.3) is 11.1 Å². The van der Waals surface area contributed by atoms with Gasteiger partial charge in [0.15, 0.2) is 0 Å². The molecule has 0 spiro atoms. The molecule has 1 amide bonds. The summed E-state index contributed by atoms with van der Waals surface area (Å²) in [5.74, 6) is -0.0679. The Labute approximate surface area is 226 Å². The summed E-state index contributed by atoms with van der Waals surface area (Å²) in [5, 5.41) is 12.4. The topological polar surface area (TPSA) is 75.6 Å². The van der Waals surface area contributed by atoms with E-state index in [0.717, 1.165) is 28.7 Å². The van der Waals surface area contributed by atoms with Crippen molar-refractivity contribution in [3.05, 3.63) is 59.2 Å². The second-order valence-corrected chi connectivity index (χ2v) is 11.2. The Bertz CT molecular complexity index is 1020. The average Bonchev–Trinajstić information content (AvgIpc) is 2.91. The maximum Gasteiger partial charge on any atom is 0.326 e. The van der Waals surface area contributed by atoms with E-state index in [0.29, 0.717) is 30.3 Å². The van der Waals surface area contributed by atoms with Crippen molar-refractivity contribution in [2.45, 2.75) is 90.4 Å². The maximum absolute atomic E-state index is 13.3. The van der Waals surface area contributed by atoms with Gasteiger partial charge in [-0.1, -0.05) is 69.4 Å². The van der Waals surface area contributed by atoms with E-state index in [9.17, 15) is 14.7 Å². The molecule has 1 aliphatic carbocycles. The minimum Gasteiger partial charge on any atom is -0.480 e. The van der Waals surface area contributed by atoms with Crippen LogP contribution in [-0.2, 0) is 16.1 Å². The van der Waals surface area contributed by atoms with Crippen LogP contribution in [0.2, 0.25) is 0 Å². The molecule has 37 heavy (non-hydrogen) atoms. The van der Waals surface area contributed by atoms with Gasteiger partial charge in [0.2, 0.25) is 0 Å². The first-order chi connectivity index (χ1) is 17.9. The Morgan fingerprint density at radius 2 is 1.84 bits per heavy atom. The lowest BCUT2D eigenvalue weighted by atomic mass is 9.83. The maximum atomic E-state index is 13.3. The number of carbonyl (C=O) groups is 2. The highest BCUT2D eigenvalue weighted by Gasteiger charge is 2.25. The number of carboxylic acids is 1. The van der Waals surface area contributed by atoms with E-state index in [1.807, 2.05) is 55.6 Å². The second kappa shape index (κ2) is 15.2. The van der Waals surface area contributed by atoms with Crippen LogP contribution in [-0.4, -0.2) is 41.1 Å². The SMILES string of the molecule is CCCCC(OCc1ccc(C(=O)N[C@@H](CCSC)C(=O)O)c(-c2ccccc2C)c1)C1CCCCC1. The van der Waals surface area contributed by atoms with Crippen molar-refractivity contribution < 1.29 is 19.4 Å². The van der Waals surface area contributed by atoms with Crippen LogP contribution in [0.3, 0.4) is 0 Å². The summed E-state index contributed by atoms with van der Waals surface area (Å²) in [6, 6.07) is 12.9. The van der Waals surface area contributed by atoms with E-state index in [2.05, 4.69) is 12.2 Å². The fourth-order valence-electron chi connectivity index (χ4n) is 5.28. The van der Waals surface area contributed by atoms with Gasteiger partial charge in [-0.15, -0.1) is 0 Å². The van der Waals surface area contributed by atoms with Gasteiger partial charge in [-0.3, -0.25) is 4.79 Å².